The van der Waals surface area contributed by atoms with Gasteiger partial charge < -0.3 is 14.8 Å². The van der Waals surface area contributed by atoms with Crippen LogP contribution in [-0.4, -0.2) is 26.8 Å². The smallest absolute Gasteiger partial charge is 0.126 e. The highest BCUT2D eigenvalue weighted by Crippen LogP contribution is 2.30. The van der Waals surface area contributed by atoms with Crippen molar-refractivity contribution in [2.24, 2.45) is 0 Å². The fraction of sp³-hybridized carbons (Fsp3) is 0.571. The minimum absolute atomic E-state index is 0.455. The molecule has 0 aromatic heterocycles. The van der Waals surface area contributed by atoms with Crippen molar-refractivity contribution in [3.8, 4) is 11.5 Å². The molecule has 1 unspecified atom stereocenters. The molecule has 1 N–H and O–H groups in total. The van der Waals surface area contributed by atoms with Crippen molar-refractivity contribution in [3.63, 3.8) is 0 Å². The molecule has 17 heavy (non-hydrogen) atoms. The van der Waals surface area contributed by atoms with Crippen LogP contribution in [0.4, 0.5) is 0 Å². The molecule has 0 heterocycles. The van der Waals surface area contributed by atoms with Crippen LogP contribution >= 0.6 is 0 Å². The largest absolute Gasteiger partial charge is 0.497 e. The lowest BCUT2D eigenvalue weighted by atomic mass is 10.00. The lowest BCUT2D eigenvalue weighted by Crippen LogP contribution is -2.22. The highest BCUT2D eigenvalue weighted by molar-refractivity contribution is 5.42. The van der Waals surface area contributed by atoms with Gasteiger partial charge in [0.1, 0.15) is 11.5 Å². The Hall–Kier alpha value is -1.22. The maximum absolute atomic E-state index is 5.42. The first kappa shape index (κ1) is 12.2. The molecule has 0 spiro atoms. The van der Waals surface area contributed by atoms with Crippen LogP contribution in [0.5, 0.6) is 11.5 Å². The maximum atomic E-state index is 5.42. The van der Waals surface area contributed by atoms with Gasteiger partial charge in [-0.1, -0.05) is 13.0 Å². The van der Waals surface area contributed by atoms with Gasteiger partial charge >= 0.3 is 0 Å². The summed E-state index contributed by atoms with van der Waals surface area (Å²) in [5.41, 5.74) is 1.24. The minimum atomic E-state index is 0.455. The van der Waals surface area contributed by atoms with Crippen LogP contribution in [0.15, 0.2) is 18.2 Å². The molecule has 1 atom stereocenters. The highest BCUT2D eigenvalue weighted by atomic mass is 16.5. The van der Waals surface area contributed by atoms with Crippen LogP contribution in [0.2, 0.25) is 0 Å². The zero-order valence-corrected chi connectivity index (χ0v) is 10.8. The molecule has 1 aromatic carbocycles. The summed E-state index contributed by atoms with van der Waals surface area (Å²) in [5.74, 6) is 2.21. The first-order chi connectivity index (χ1) is 8.24. The van der Waals surface area contributed by atoms with Gasteiger partial charge in [0.05, 0.1) is 14.2 Å². The first-order valence-electron chi connectivity index (χ1n) is 6.20. The van der Waals surface area contributed by atoms with E-state index >= 15 is 0 Å². The molecule has 1 aliphatic carbocycles. The quantitative estimate of drug-likeness (QED) is 0.822. The molecule has 1 saturated carbocycles. The van der Waals surface area contributed by atoms with Crippen LogP contribution in [0.3, 0.4) is 0 Å². The lowest BCUT2D eigenvalue weighted by Gasteiger charge is -2.17. The van der Waals surface area contributed by atoms with E-state index in [1.165, 1.54) is 18.4 Å². The summed E-state index contributed by atoms with van der Waals surface area (Å²) in [6.45, 7) is 3.23. The van der Waals surface area contributed by atoms with Crippen molar-refractivity contribution >= 4 is 0 Å². The normalized spacial score (nSPS) is 16.6. The molecule has 3 nitrogen and oxygen atoms in total. The van der Waals surface area contributed by atoms with Gasteiger partial charge in [0.25, 0.3) is 0 Å². The second-order valence-electron chi connectivity index (χ2n) is 4.69. The number of ether oxygens (including phenoxy) is 2. The molecule has 0 radical (unpaired) electrons. The van der Waals surface area contributed by atoms with E-state index in [9.17, 15) is 0 Å². The van der Waals surface area contributed by atoms with Crippen LogP contribution in [0, 0.1) is 0 Å². The predicted molar refractivity (Wildman–Crippen MR) is 69.0 cm³/mol. The van der Waals surface area contributed by atoms with Gasteiger partial charge in [-0.2, -0.15) is 0 Å². The van der Waals surface area contributed by atoms with E-state index in [1.54, 1.807) is 14.2 Å². The van der Waals surface area contributed by atoms with Crippen molar-refractivity contribution in [2.75, 3.05) is 20.8 Å². The van der Waals surface area contributed by atoms with Gasteiger partial charge in [0.2, 0.25) is 0 Å². The van der Waals surface area contributed by atoms with Gasteiger partial charge in [-0.25, -0.2) is 0 Å². The van der Waals surface area contributed by atoms with E-state index in [0.29, 0.717) is 5.92 Å². The molecular weight excluding hydrogens is 214 g/mol. The number of hydrogen-bond donors (Lipinski definition) is 1. The Bertz CT molecular complexity index is 374. The lowest BCUT2D eigenvalue weighted by molar-refractivity contribution is 0.388. The Kier molecular flexibility index (Phi) is 3.89. The highest BCUT2D eigenvalue weighted by Gasteiger charge is 2.22. The molecule has 0 amide bonds. The molecule has 1 aromatic rings. The van der Waals surface area contributed by atoms with E-state index in [2.05, 4.69) is 18.3 Å². The Labute approximate surface area is 103 Å². The number of nitrogens with one attached hydrogen (secondary N) is 1. The van der Waals surface area contributed by atoms with E-state index < -0.39 is 0 Å². The van der Waals surface area contributed by atoms with Crippen LogP contribution < -0.4 is 14.8 Å². The average molecular weight is 235 g/mol. The molecular formula is C14H21NO2. The van der Waals surface area contributed by atoms with Crippen LogP contribution in [0.1, 0.15) is 31.2 Å². The summed E-state index contributed by atoms with van der Waals surface area (Å²) in [5, 5.41) is 3.55. The number of methoxy groups -OCH3 is 2. The second kappa shape index (κ2) is 5.41. The number of hydrogen-bond acceptors (Lipinski definition) is 3. The van der Waals surface area contributed by atoms with Crippen LogP contribution in [0.25, 0.3) is 0 Å². The molecule has 3 heteroatoms. The Morgan fingerprint density at radius 3 is 2.65 bits per heavy atom. The third-order valence-corrected chi connectivity index (χ3v) is 3.26. The van der Waals surface area contributed by atoms with Crippen molar-refractivity contribution in [1.82, 2.24) is 5.32 Å². The third kappa shape index (κ3) is 3.13. The van der Waals surface area contributed by atoms with Crippen molar-refractivity contribution in [1.29, 1.82) is 0 Å². The Balaban J connectivity index is 2.06. The zero-order chi connectivity index (χ0) is 12.3. The minimum Gasteiger partial charge on any atom is -0.497 e. The topological polar surface area (TPSA) is 30.5 Å². The molecule has 0 saturated heterocycles. The summed E-state index contributed by atoms with van der Waals surface area (Å²) >= 11 is 0. The molecule has 1 aliphatic rings. The third-order valence-electron chi connectivity index (χ3n) is 3.26. The van der Waals surface area contributed by atoms with Crippen LogP contribution in [-0.2, 0) is 0 Å². The zero-order valence-electron chi connectivity index (χ0n) is 10.8. The molecule has 2 rings (SSSR count). The fourth-order valence-corrected chi connectivity index (χ4v) is 1.97. The van der Waals surface area contributed by atoms with E-state index in [4.69, 9.17) is 9.47 Å². The SMILES string of the molecule is COc1ccc(C(C)CNC2CC2)c(OC)c1. The number of rotatable bonds is 6. The first-order valence-corrected chi connectivity index (χ1v) is 6.20. The van der Waals surface area contributed by atoms with Gasteiger partial charge in [-0.15, -0.1) is 0 Å². The summed E-state index contributed by atoms with van der Waals surface area (Å²) in [6.07, 6.45) is 2.65. The van der Waals surface area contributed by atoms with Gasteiger partial charge in [-0.3, -0.25) is 0 Å². The molecule has 0 bridgehead atoms. The monoisotopic (exact) mass is 235 g/mol. The van der Waals surface area contributed by atoms with E-state index in [-0.39, 0.29) is 0 Å². The maximum Gasteiger partial charge on any atom is 0.126 e. The summed E-state index contributed by atoms with van der Waals surface area (Å²) in [7, 11) is 3.38. The fourth-order valence-electron chi connectivity index (χ4n) is 1.97. The van der Waals surface area contributed by atoms with Gasteiger partial charge in [0.15, 0.2) is 0 Å². The average Bonchev–Trinajstić information content (AvgIpc) is 3.19. The summed E-state index contributed by atoms with van der Waals surface area (Å²) < 4.78 is 10.6. The summed E-state index contributed by atoms with van der Waals surface area (Å²) in [4.78, 5) is 0. The van der Waals surface area contributed by atoms with Gasteiger partial charge in [-0.05, 0) is 30.4 Å². The summed E-state index contributed by atoms with van der Waals surface area (Å²) in [6, 6.07) is 6.78. The van der Waals surface area contributed by atoms with Crippen molar-refractivity contribution in [3.05, 3.63) is 23.8 Å². The standard InChI is InChI=1S/C14H21NO2/c1-10(9-15-11-4-5-11)13-7-6-12(16-2)8-14(13)17-3/h6-8,10-11,15H,4-5,9H2,1-3H3. The second-order valence-corrected chi connectivity index (χ2v) is 4.69. The van der Waals surface area contributed by atoms with Crippen molar-refractivity contribution < 1.29 is 9.47 Å². The number of benzene rings is 1. The molecule has 1 fully saturated rings. The van der Waals surface area contributed by atoms with Crippen molar-refractivity contribution in [2.45, 2.75) is 31.7 Å². The van der Waals surface area contributed by atoms with E-state index in [0.717, 1.165) is 24.1 Å². The van der Waals surface area contributed by atoms with Gasteiger partial charge in [0, 0.05) is 18.7 Å². The molecule has 0 aliphatic heterocycles. The Morgan fingerprint density at radius 2 is 2.06 bits per heavy atom. The van der Waals surface area contributed by atoms with E-state index in [1.807, 2.05) is 12.1 Å². The Morgan fingerprint density at radius 1 is 1.29 bits per heavy atom. The predicted octanol–water partition coefficient (Wildman–Crippen LogP) is 2.56. The molecule has 94 valence electrons.